The smallest absolute Gasteiger partial charge is 0.128 e. The Labute approximate surface area is 66.4 Å². The van der Waals surface area contributed by atoms with Crippen LogP contribution in [0.3, 0.4) is 0 Å². The summed E-state index contributed by atoms with van der Waals surface area (Å²) < 4.78 is 5.37. The Morgan fingerprint density at radius 2 is 2.18 bits per heavy atom. The molecule has 0 aromatic rings. The molecular weight excluding hydrogens is 144 g/mol. The van der Waals surface area contributed by atoms with Gasteiger partial charge in [0.2, 0.25) is 0 Å². The minimum absolute atomic E-state index is 0.0659. The largest absolute Gasteiger partial charge is 0.392 e. The lowest BCUT2D eigenvalue weighted by atomic mass is 9.91. The highest BCUT2D eigenvalue weighted by Crippen LogP contribution is 2.23. The van der Waals surface area contributed by atoms with Gasteiger partial charge in [-0.1, -0.05) is 0 Å². The molecule has 3 heteroatoms. The molecule has 0 aromatic heterocycles. The second kappa shape index (κ2) is 3.32. The van der Waals surface area contributed by atoms with Crippen molar-refractivity contribution in [3.63, 3.8) is 0 Å². The molecule has 0 aliphatic carbocycles. The third kappa shape index (κ3) is 1.79. The van der Waals surface area contributed by atoms with Crippen LogP contribution >= 0.6 is 0 Å². The molecule has 64 valence electrons. The van der Waals surface area contributed by atoms with Crippen LogP contribution in [-0.4, -0.2) is 29.7 Å². The van der Waals surface area contributed by atoms with Crippen LogP contribution in [0.25, 0.3) is 0 Å². The molecule has 0 bridgehead atoms. The number of hydrogen-bond donors (Lipinski definition) is 1. The van der Waals surface area contributed by atoms with Gasteiger partial charge in [0, 0.05) is 6.42 Å². The lowest BCUT2D eigenvalue weighted by Gasteiger charge is -2.33. The third-order valence-electron chi connectivity index (χ3n) is 2.16. The molecule has 3 nitrogen and oxygen atoms in total. The molecule has 1 saturated heterocycles. The molecular formula is C8H14O3. The molecule has 0 aromatic carbocycles. The lowest BCUT2D eigenvalue weighted by Crippen LogP contribution is -2.42. The van der Waals surface area contributed by atoms with Gasteiger partial charge in [0.25, 0.3) is 0 Å². The summed E-state index contributed by atoms with van der Waals surface area (Å²) in [5.74, 6) is -0.341. The van der Waals surface area contributed by atoms with Crippen LogP contribution in [-0.2, 0) is 9.53 Å². The van der Waals surface area contributed by atoms with Crippen molar-refractivity contribution >= 4 is 6.29 Å². The van der Waals surface area contributed by atoms with Crippen LogP contribution in [0.4, 0.5) is 0 Å². The Kier molecular flexibility index (Phi) is 2.62. The van der Waals surface area contributed by atoms with E-state index in [2.05, 4.69) is 0 Å². The highest BCUT2D eigenvalue weighted by Gasteiger charge is 2.32. The summed E-state index contributed by atoms with van der Waals surface area (Å²) in [5, 5.41) is 9.40. The Hall–Kier alpha value is -0.410. The first-order valence-corrected chi connectivity index (χ1v) is 3.94. The summed E-state index contributed by atoms with van der Waals surface area (Å²) in [5.41, 5.74) is 0. The van der Waals surface area contributed by atoms with Gasteiger partial charge in [-0.25, -0.2) is 0 Å². The van der Waals surface area contributed by atoms with Gasteiger partial charge < -0.3 is 14.6 Å². The van der Waals surface area contributed by atoms with E-state index in [0.29, 0.717) is 6.42 Å². The number of ether oxygens (including phenoxy) is 1. The van der Waals surface area contributed by atoms with E-state index in [1.807, 2.05) is 13.8 Å². The van der Waals surface area contributed by atoms with Crippen molar-refractivity contribution in [2.75, 3.05) is 0 Å². The molecule has 0 amide bonds. The predicted molar refractivity (Wildman–Crippen MR) is 40.2 cm³/mol. The Bertz CT molecular complexity index is 134. The van der Waals surface area contributed by atoms with Crippen LogP contribution < -0.4 is 0 Å². The normalized spacial score (nSPS) is 45.4. The van der Waals surface area contributed by atoms with Gasteiger partial charge in [-0.05, 0) is 13.8 Å². The van der Waals surface area contributed by atoms with E-state index < -0.39 is 6.10 Å². The van der Waals surface area contributed by atoms with Crippen molar-refractivity contribution in [3.8, 4) is 0 Å². The van der Waals surface area contributed by atoms with Crippen LogP contribution in [0.5, 0.6) is 0 Å². The summed E-state index contributed by atoms with van der Waals surface area (Å²) >= 11 is 0. The van der Waals surface area contributed by atoms with Crippen molar-refractivity contribution in [1.29, 1.82) is 0 Å². The van der Waals surface area contributed by atoms with Gasteiger partial charge in [0.15, 0.2) is 0 Å². The second-order valence-corrected chi connectivity index (χ2v) is 3.17. The summed E-state index contributed by atoms with van der Waals surface area (Å²) in [6.07, 6.45) is 0.739. The fourth-order valence-corrected chi connectivity index (χ4v) is 1.52. The first-order valence-electron chi connectivity index (χ1n) is 3.94. The molecule has 1 fully saturated rings. The summed E-state index contributed by atoms with van der Waals surface area (Å²) in [4.78, 5) is 10.4. The zero-order chi connectivity index (χ0) is 8.43. The van der Waals surface area contributed by atoms with Gasteiger partial charge in [-0.3, -0.25) is 0 Å². The Morgan fingerprint density at radius 3 is 2.64 bits per heavy atom. The maximum atomic E-state index is 10.4. The molecule has 1 aliphatic rings. The fourth-order valence-electron chi connectivity index (χ4n) is 1.52. The summed E-state index contributed by atoms with van der Waals surface area (Å²) in [6.45, 7) is 3.72. The standard InChI is InChI=1S/C8H14O3/c1-5-3-8(10)7(4-9)6(2)11-5/h4-8,10H,3H2,1-2H3. The number of aliphatic hydroxyl groups is 1. The number of aldehydes is 1. The quantitative estimate of drug-likeness (QED) is 0.560. The minimum atomic E-state index is -0.522. The monoisotopic (exact) mass is 158 g/mol. The van der Waals surface area contributed by atoms with Crippen LogP contribution in [0, 0.1) is 5.92 Å². The number of rotatable bonds is 1. The van der Waals surface area contributed by atoms with Crippen molar-refractivity contribution in [2.24, 2.45) is 5.92 Å². The van der Waals surface area contributed by atoms with Gasteiger partial charge in [-0.2, -0.15) is 0 Å². The number of aliphatic hydroxyl groups excluding tert-OH is 1. The van der Waals surface area contributed by atoms with E-state index in [0.717, 1.165) is 6.29 Å². The van der Waals surface area contributed by atoms with Gasteiger partial charge >= 0.3 is 0 Å². The van der Waals surface area contributed by atoms with Gasteiger partial charge in [-0.15, -0.1) is 0 Å². The molecule has 0 saturated carbocycles. The van der Waals surface area contributed by atoms with Crippen molar-refractivity contribution in [1.82, 2.24) is 0 Å². The lowest BCUT2D eigenvalue weighted by molar-refractivity contribution is -0.141. The van der Waals surface area contributed by atoms with E-state index in [1.165, 1.54) is 0 Å². The van der Waals surface area contributed by atoms with E-state index in [-0.39, 0.29) is 18.1 Å². The van der Waals surface area contributed by atoms with Gasteiger partial charge in [0.1, 0.15) is 6.29 Å². The van der Waals surface area contributed by atoms with E-state index >= 15 is 0 Å². The predicted octanol–water partition coefficient (Wildman–Crippen LogP) is 0.360. The third-order valence-corrected chi connectivity index (χ3v) is 2.16. The first kappa shape index (κ1) is 8.68. The molecule has 1 N–H and O–H groups in total. The average molecular weight is 158 g/mol. The zero-order valence-corrected chi connectivity index (χ0v) is 6.86. The second-order valence-electron chi connectivity index (χ2n) is 3.17. The molecule has 1 rings (SSSR count). The first-order chi connectivity index (χ1) is 5.15. The number of carbonyl (C=O) groups excluding carboxylic acids is 1. The maximum absolute atomic E-state index is 10.4. The minimum Gasteiger partial charge on any atom is -0.392 e. The van der Waals surface area contributed by atoms with Crippen LogP contribution in [0.1, 0.15) is 20.3 Å². The topological polar surface area (TPSA) is 46.5 Å². The SMILES string of the molecule is CC1CC(O)C(C=O)C(C)O1. The maximum Gasteiger partial charge on any atom is 0.128 e. The van der Waals surface area contributed by atoms with Crippen LogP contribution in [0.15, 0.2) is 0 Å². The molecule has 11 heavy (non-hydrogen) atoms. The van der Waals surface area contributed by atoms with E-state index in [1.54, 1.807) is 0 Å². The van der Waals surface area contributed by atoms with Crippen molar-refractivity contribution in [3.05, 3.63) is 0 Å². The summed E-state index contributed by atoms with van der Waals surface area (Å²) in [6, 6.07) is 0. The Balaban J connectivity index is 2.58. The molecule has 4 atom stereocenters. The molecule has 1 heterocycles. The average Bonchev–Trinajstić information content (AvgIpc) is 1.85. The molecule has 0 spiro atoms. The van der Waals surface area contributed by atoms with E-state index in [4.69, 9.17) is 4.74 Å². The molecule has 1 aliphatic heterocycles. The molecule has 0 radical (unpaired) electrons. The molecule has 4 unspecified atom stereocenters. The fraction of sp³-hybridized carbons (Fsp3) is 0.875. The number of hydrogen-bond acceptors (Lipinski definition) is 3. The van der Waals surface area contributed by atoms with Crippen molar-refractivity contribution in [2.45, 2.75) is 38.6 Å². The zero-order valence-electron chi connectivity index (χ0n) is 6.86. The number of carbonyl (C=O) groups is 1. The summed E-state index contributed by atoms with van der Waals surface area (Å²) in [7, 11) is 0. The van der Waals surface area contributed by atoms with Gasteiger partial charge in [0.05, 0.1) is 24.2 Å². The van der Waals surface area contributed by atoms with E-state index in [9.17, 15) is 9.90 Å². The van der Waals surface area contributed by atoms with Crippen molar-refractivity contribution < 1.29 is 14.6 Å². The Morgan fingerprint density at radius 1 is 1.55 bits per heavy atom. The highest BCUT2D eigenvalue weighted by molar-refractivity contribution is 5.55. The van der Waals surface area contributed by atoms with Crippen LogP contribution in [0.2, 0.25) is 0 Å². The highest BCUT2D eigenvalue weighted by atomic mass is 16.5.